The molecule has 21 heavy (non-hydrogen) atoms. The van der Waals surface area contributed by atoms with Crippen LogP contribution in [0.25, 0.3) is 0 Å². The second kappa shape index (κ2) is 7.37. The molecule has 7 nitrogen and oxygen atoms in total. The summed E-state index contributed by atoms with van der Waals surface area (Å²) >= 11 is 0. The lowest BCUT2D eigenvalue weighted by Gasteiger charge is -2.21. The summed E-state index contributed by atoms with van der Waals surface area (Å²) in [5, 5.41) is 13.3. The Kier molecular flexibility index (Phi) is 5.83. The van der Waals surface area contributed by atoms with Gasteiger partial charge in [-0.15, -0.1) is 0 Å². The summed E-state index contributed by atoms with van der Waals surface area (Å²) in [6.07, 6.45) is 0.676. The number of non-ortho nitro benzene ring substituents is 1. The molecule has 2 atom stereocenters. The number of nitrogens with zero attached hydrogens (tertiary/aromatic N) is 1. The monoisotopic (exact) mass is 294 g/mol. The van der Waals surface area contributed by atoms with Gasteiger partial charge in [0.15, 0.2) is 0 Å². The molecule has 0 aromatic heterocycles. The fourth-order valence-electron chi connectivity index (χ4n) is 1.78. The molecule has 114 valence electrons. The van der Waals surface area contributed by atoms with Gasteiger partial charge in [0.05, 0.1) is 12.0 Å². The van der Waals surface area contributed by atoms with Crippen molar-refractivity contribution in [3.8, 4) is 0 Å². The normalized spacial score (nSPS) is 13.1. The molecule has 0 unspecified atom stereocenters. The van der Waals surface area contributed by atoms with E-state index in [9.17, 15) is 19.7 Å². The molecule has 1 aromatic carbocycles. The van der Waals surface area contributed by atoms with E-state index in [1.807, 2.05) is 13.8 Å². The molecule has 1 N–H and O–H groups in total. The third-order valence-electron chi connectivity index (χ3n) is 3.27. The number of nitrogens with one attached hydrogen (secondary N) is 1. The topological polar surface area (TPSA) is 98.5 Å². The predicted molar refractivity (Wildman–Crippen MR) is 75.8 cm³/mol. The molecule has 0 aliphatic carbocycles. The number of hydrogen-bond donors (Lipinski definition) is 1. The highest BCUT2D eigenvalue weighted by Gasteiger charge is 2.27. The van der Waals surface area contributed by atoms with Gasteiger partial charge in [-0.3, -0.25) is 14.9 Å². The van der Waals surface area contributed by atoms with Gasteiger partial charge >= 0.3 is 5.97 Å². The average Bonchev–Trinajstić information content (AvgIpc) is 2.50. The number of ether oxygens (including phenoxy) is 1. The Hall–Kier alpha value is -2.44. The van der Waals surface area contributed by atoms with Crippen LogP contribution >= 0.6 is 0 Å². The van der Waals surface area contributed by atoms with Gasteiger partial charge in [0.2, 0.25) is 0 Å². The van der Waals surface area contributed by atoms with Crippen molar-refractivity contribution in [1.29, 1.82) is 0 Å². The van der Waals surface area contributed by atoms with Crippen molar-refractivity contribution >= 4 is 17.6 Å². The van der Waals surface area contributed by atoms with E-state index in [0.29, 0.717) is 6.42 Å². The van der Waals surface area contributed by atoms with Crippen molar-refractivity contribution in [3.05, 3.63) is 39.9 Å². The molecule has 0 bridgehead atoms. The molecule has 0 aliphatic heterocycles. The van der Waals surface area contributed by atoms with Gasteiger partial charge in [0.1, 0.15) is 6.04 Å². The van der Waals surface area contributed by atoms with Crippen molar-refractivity contribution in [2.45, 2.75) is 26.3 Å². The minimum Gasteiger partial charge on any atom is -0.467 e. The highest BCUT2D eigenvalue weighted by molar-refractivity contribution is 5.97. The summed E-state index contributed by atoms with van der Waals surface area (Å²) in [7, 11) is 1.25. The van der Waals surface area contributed by atoms with E-state index in [1.54, 1.807) is 0 Å². The minimum absolute atomic E-state index is 0.111. The Morgan fingerprint density at radius 3 is 2.62 bits per heavy atom. The van der Waals surface area contributed by atoms with Crippen LogP contribution < -0.4 is 5.32 Å². The van der Waals surface area contributed by atoms with E-state index >= 15 is 0 Å². The van der Waals surface area contributed by atoms with Crippen LogP contribution in [0.2, 0.25) is 0 Å². The van der Waals surface area contributed by atoms with Crippen LogP contribution in [-0.4, -0.2) is 30.0 Å². The van der Waals surface area contributed by atoms with Gasteiger partial charge in [-0.05, 0) is 12.0 Å². The van der Waals surface area contributed by atoms with Crippen molar-refractivity contribution in [2.24, 2.45) is 5.92 Å². The number of methoxy groups -OCH3 is 1. The lowest BCUT2D eigenvalue weighted by molar-refractivity contribution is -0.384. The molecule has 0 radical (unpaired) electrons. The molecule has 0 fully saturated rings. The maximum atomic E-state index is 12.1. The number of nitro groups is 1. The highest BCUT2D eigenvalue weighted by Crippen LogP contribution is 2.15. The van der Waals surface area contributed by atoms with Crippen LogP contribution in [0.15, 0.2) is 24.3 Å². The van der Waals surface area contributed by atoms with Gasteiger partial charge < -0.3 is 10.1 Å². The number of amides is 1. The number of carbonyl (C=O) groups excluding carboxylic acids is 2. The average molecular weight is 294 g/mol. The van der Waals surface area contributed by atoms with Crippen LogP contribution in [0.4, 0.5) is 5.69 Å². The molecule has 0 saturated carbocycles. The maximum Gasteiger partial charge on any atom is 0.328 e. The maximum absolute atomic E-state index is 12.1. The number of hydrogen-bond acceptors (Lipinski definition) is 5. The van der Waals surface area contributed by atoms with E-state index < -0.39 is 22.8 Å². The van der Waals surface area contributed by atoms with Gasteiger partial charge in [-0.2, -0.15) is 0 Å². The van der Waals surface area contributed by atoms with Crippen LogP contribution in [0.5, 0.6) is 0 Å². The van der Waals surface area contributed by atoms with Crippen molar-refractivity contribution in [2.75, 3.05) is 7.11 Å². The van der Waals surface area contributed by atoms with Crippen LogP contribution in [-0.2, 0) is 9.53 Å². The van der Waals surface area contributed by atoms with E-state index in [0.717, 1.165) is 0 Å². The van der Waals surface area contributed by atoms with E-state index in [2.05, 4.69) is 10.1 Å². The largest absolute Gasteiger partial charge is 0.467 e. The molecule has 0 saturated heterocycles. The Labute approximate surface area is 122 Å². The van der Waals surface area contributed by atoms with Crippen molar-refractivity contribution in [3.63, 3.8) is 0 Å². The lowest BCUT2D eigenvalue weighted by atomic mass is 9.99. The first-order chi connectivity index (χ1) is 9.90. The summed E-state index contributed by atoms with van der Waals surface area (Å²) in [4.78, 5) is 34.0. The predicted octanol–water partition coefficient (Wildman–Crippen LogP) is 1.91. The van der Waals surface area contributed by atoms with Crippen LogP contribution in [0.3, 0.4) is 0 Å². The smallest absolute Gasteiger partial charge is 0.328 e. The number of benzene rings is 1. The number of rotatable bonds is 6. The van der Waals surface area contributed by atoms with Crippen molar-refractivity contribution < 1.29 is 19.2 Å². The Bertz CT molecular complexity index is 544. The molecular weight excluding hydrogens is 276 g/mol. The number of nitro benzene ring substituents is 1. The summed E-state index contributed by atoms with van der Waals surface area (Å²) in [6.45, 7) is 3.70. The van der Waals surface area contributed by atoms with Gasteiger partial charge in [-0.1, -0.05) is 26.3 Å². The Balaban J connectivity index is 2.94. The first-order valence-electron chi connectivity index (χ1n) is 6.53. The number of esters is 1. The second-order valence-corrected chi connectivity index (χ2v) is 4.67. The van der Waals surface area contributed by atoms with Crippen LogP contribution in [0.1, 0.15) is 30.6 Å². The molecule has 0 aliphatic rings. The molecular formula is C14H18N2O5. The van der Waals surface area contributed by atoms with E-state index in [1.165, 1.54) is 31.4 Å². The van der Waals surface area contributed by atoms with E-state index in [4.69, 9.17) is 0 Å². The van der Waals surface area contributed by atoms with Crippen LogP contribution in [0, 0.1) is 16.0 Å². The zero-order valence-electron chi connectivity index (χ0n) is 12.2. The quantitative estimate of drug-likeness (QED) is 0.491. The summed E-state index contributed by atoms with van der Waals surface area (Å²) < 4.78 is 4.67. The molecule has 0 spiro atoms. The zero-order chi connectivity index (χ0) is 16.0. The van der Waals surface area contributed by atoms with Gasteiger partial charge in [0.25, 0.3) is 11.6 Å². The Morgan fingerprint density at radius 1 is 1.43 bits per heavy atom. The molecule has 0 heterocycles. The first-order valence-corrected chi connectivity index (χ1v) is 6.53. The van der Waals surface area contributed by atoms with Gasteiger partial charge in [0, 0.05) is 17.7 Å². The minimum atomic E-state index is -0.785. The molecule has 1 aromatic rings. The summed E-state index contributed by atoms with van der Waals surface area (Å²) in [5.74, 6) is -1.20. The SMILES string of the molecule is CC[C@@H](C)[C@H](NC(=O)c1cccc([N+](=O)[O-])c1)C(=O)OC. The molecule has 1 amide bonds. The lowest BCUT2D eigenvalue weighted by Crippen LogP contribution is -2.45. The molecule has 7 heteroatoms. The third kappa shape index (κ3) is 4.27. The first kappa shape index (κ1) is 16.6. The third-order valence-corrected chi connectivity index (χ3v) is 3.27. The highest BCUT2D eigenvalue weighted by atomic mass is 16.6. The standard InChI is InChI=1S/C14H18N2O5/c1-4-9(2)12(14(18)21-3)15-13(17)10-6-5-7-11(8-10)16(19)20/h5-9,12H,4H2,1-3H3,(H,15,17)/t9-,12+/m1/s1. The fourth-order valence-corrected chi connectivity index (χ4v) is 1.78. The van der Waals surface area contributed by atoms with Gasteiger partial charge in [-0.25, -0.2) is 4.79 Å². The fraction of sp³-hybridized carbons (Fsp3) is 0.429. The number of carbonyl (C=O) groups is 2. The van der Waals surface area contributed by atoms with Crippen molar-refractivity contribution in [1.82, 2.24) is 5.32 Å². The Morgan fingerprint density at radius 2 is 2.10 bits per heavy atom. The summed E-state index contributed by atoms with van der Waals surface area (Å²) in [6, 6.07) is 4.55. The van der Waals surface area contributed by atoms with E-state index in [-0.39, 0.29) is 17.2 Å². The summed E-state index contributed by atoms with van der Waals surface area (Å²) in [5.41, 5.74) is -0.0535. The second-order valence-electron chi connectivity index (χ2n) is 4.67. The zero-order valence-corrected chi connectivity index (χ0v) is 12.2. The molecule has 1 rings (SSSR count).